The van der Waals surface area contributed by atoms with Crippen LogP contribution in [-0.2, 0) is 4.74 Å². The third kappa shape index (κ3) is 4.40. The highest BCUT2D eigenvalue weighted by Crippen LogP contribution is 2.41. The van der Waals surface area contributed by atoms with Gasteiger partial charge in [0.2, 0.25) is 5.76 Å². The number of nitrogens with zero attached hydrogens (tertiary/aromatic N) is 1. The molecule has 7 nitrogen and oxygen atoms in total. The minimum absolute atomic E-state index is 0.0999. The van der Waals surface area contributed by atoms with Crippen molar-refractivity contribution in [2.45, 2.75) is 33.2 Å². The molecular weight excluding hydrogens is 434 g/mol. The van der Waals surface area contributed by atoms with E-state index in [2.05, 4.69) is 13.8 Å². The van der Waals surface area contributed by atoms with Gasteiger partial charge in [0, 0.05) is 20.3 Å². The van der Waals surface area contributed by atoms with E-state index in [4.69, 9.17) is 18.6 Å². The summed E-state index contributed by atoms with van der Waals surface area (Å²) in [4.78, 5) is 28.8. The average Bonchev–Trinajstić information content (AvgIpc) is 3.10. The van der Waals surface area contributed by atoms with Gasteiger partial charge in [-0.15, -0.1) is 0 Å². The summed E-state index contributed by atoms with van der Waals surface area (Å²) in [6.45, 7) is 7.55. The predicted octanol–water partition coefficient (Wildman–Crippen LogP) is 4.73. The lowest BCUT2D eigenvalue weighted by atomic mass is 9.97. The van der Waals surface area contributed by atoms with Gasteiger partial charge in [0.05, 0.1) is 30.7 Å². The second-order valence-corrected chi connectivity index (χ2v) is 9.04. The molecule has 2 heterocycles. The van der Waals surface area contributed by atoms with E-state index in [1.807, 2.05) is 31.2 Å². The molecule has 0 radical (unpaired) electrons. The van der Waals surface area contributed by atoms with Gasteiger partial charge in [-0.25, -0.2) is 0 Å². The lowest BCUT2D eigenvalue weighted by Crippen LogP contribution is -2.31. The van der Waals surface area contributed by atoms with Crippen LogP contribution in [0.4, 0.5) is 0 Å². The highest BCUT2D eigenvalue weighted by molar-refractivity contribution is 5.99. The zero-order valence-electron chi connectivity index (χ0n) is 20.3. The predicted molar refractivity (Wildman–Crippen MR) is 130 cm³/mol. The largest absolute Gasteiger partial charge is 0.493 e. The third-order valence-corrected chi connectivity index (χ3v) is 5.94. The number of carbonyl (C=O) groups is 1. The molecule has 1 atom stereocenters. The van der Waals surface area contributed by atoms with Crippen LogP contribution in [0, 0.1) is 12.8 Å². The minimum atomic E-state index is -0.589. The fourth-order valence-electron chi connectivity index (χ4n) is 4.32. The van der Waals surface area contributed by atoms with Crippen molar-refractivity contribution >= 4 is 16.9 Å². The van der Waals surface area contributed by atoms with E-state index in [0.717, 1.165) is 11.1 Å². The third-order valence-electron chi connectivity index (χ3n) is 5.94. The van der Waals surface area contributed by atoms with Crippen LogP contribution in [-0.4, -0.2) is 44.8 Å². The molecule has 0 spiro atoms. The van der Waals surface area contributed by atoms with Crippen molar-refractivity contribution in [1.29, 1.82) is 0 Å². The van der Waals surface area contributed by atoms with Crippen LogP contribution < -0.4 is 14.9 Å². The molecule has 1 unspecified atom stereocenters. The second-order valence-electron chi connectivity index (χ2n) is 9.04. The van der Waals surface area contributed by atoms with Crippen LogP contribution in [0.25, 0.3) is 11.0 Å². The molecule has 2 aromatic carbocycles. The smallest absolute Gasteiger partial charge is 0.290 e. The molecule has 1 aromatic heterocycles. The van der Waals surface area contributed by atoms with E-state index in [0.29, 0.717) is 60.1 Å². The topological polar surface area (TPSA) is 78.2 Å². The van der Waals surface area contributed by atoms with Crippen molar-refractivity contribution in [1.82, 2.24) is 4.90 Å². The first kappa shape index (κ1) is 23.8. The number of hydrogen-bond acceptors (Lipinski definition) is 6. The van der Waals surface area contributed by atoms with Crippen LogP contribution in [0.5, 0.6) is 11.5 Å². The molecule has 0 bridgehead atoms. The molecule has 0 fully saturated rings. The van der Waals surface area contributed by atoms with Gasteiger partial charge in [0.15, 0.2) is 16.9 Å². The summed E-state index contributed by atoms with van der Waals surface area (Å²) in [5, 5.41) is 0.471. The molecule has 180 valence electrons. The molecule has 1 aliphatic rings. The molecule has 3 aromatic rings. The normalized spacial score (nSPS) is 15.3. The summed E-state index contributed by atoms with van der Waals surface area (Å²) in [5.74, 6) is 1.34. The number of aryl methyl sites for hydroxylation is 1. The number of carbonyl (C=O) groups excluding carboxylic acids is 1. The zero-order chi connectivity index (χ0) is 24.4. The SMILES string of the molecule is COCCCN1C(=O)c2oc3ccc(C)cc3c(=O)c2C1c1ccc(OCC(C)C)c(OC)c1. The summed E-state index contributed by atoms with van der Waals surface area (Å²) >= 11 is 0. The second kappa shape index (κ2) is 9.89. The number of fused-ring (bicyclic) bond motifs is 2. The van der Waals surface area contributed by atoms with Crippen molar-refractivity contribution in [2.24, 2.45) is 5.92 Å². The van der Waals surface area contributed by atoms with Crippen molar-refractivity contribution in [3.05, 3.63) is 69.1 Å². The summed E-state index contributed by atoms with van der Waals surface area (Å²) < 4.78 is 22.7. The Bertz CT molecular complexity index is 1260. The maximum absolute atomic E-state index is 13.7. The summed E-state index contributed by atoms with van der Waals surface area (Å²) in [5.41, 5.74) is 2.30. The van der Waals surface area contributed by atoms with E-state index in [1.165, 1.54) is 0 Å². The lowest BCUT2D eigenvalue weighted by Gasteiger charge is -2.25. The number of methoxy groups -OCH3 is 2. The van der Waals surface area contributed by atoms with Gasteiger partial charge in [0.1, 0.15) is 5.58 Å². The van der Waals surface area contributed by atoms with Gasteiger partial charge in [-0.05, 0) is 49.1 Å². The Kier molecular flexibility index (Phi) is 6.93. The lowest BCUT2D eigenvalue weighted by molar-refractivity contribution is 0.0707. The van der Waals surface area contributed by atoms with E-state index in [-0.39, 0.29) is 17.1 Å². The van der Waals surface area contributed by atoms with Gasteiger partial charge in [-0.1, -0.05) is 31.5 Å². The quantitative estimate of drug-likeness (QED) is 0.425. The van der Waals surface area contributed by atoms with Crippen molar-refractivity contribution in [3.63, 3.8) is 0 Å². The van der Waals surface area contributed by atoms with Gasteiger partial charge >= 0.3 is 0 Å². The van der Waals surface area contributed by atoms with E-state index >= 15 is 0 Å². The first-order valence-corrected chi connectivity index (χ1v) is 11.5. The fourth-order valence-corrected chi connectivity index (χ4v) is 4.32. The fraction of sp³-hybridized carbons (Fsp3) is 0.407. The minimum Gasteiger partial charge on any atom is -0.493 e. The first-order chi connectivity index (χ1) is 16.3. The number of hydrogen-bond donors (Lipinski definition) is 0. The van der Waals surface area contributed by atoms with Crippen molar-refractivity contribution < 1.29 is 23.4 Å². The first-order valence-electron chi connectivity index (χ1n) is 11.5. The van der Waals surface area contributed by atoms with E-state index in [9.17, 15) is 9.59 Å². The zero-order valence-corrected chi connectivity index (χ0v) is 20.3. The number of rotatable bonds is 9. The van der Waals surface area contributed by atoms with Gasteiger partial charge in [-0.3, -0.25) is 9.59 Å². The Labute approximate surface area is 199 Å². The van der Waals surface area contributed by atoms with Crippen LogP contribution in [0.15, 0.2) is 45.6 Å². The summed E-state index contributed by atoms with van der Waals surface area (Å²) in [7, 11) is 3.20. The molecule has 0 saturated heterocycles. The van der Waals surface area contributed by atoms with Gasteiger partial charge in [0.25, 0.3) is 5.91 Å². The average molecular weight is 466 g/mol. The molecule has 1 aliphatic heterocycles. The summed E-state index contributed by atoms with van der Waals surface area (Å²) in [6, 6.07) is 10.4. The highest BCUT2D eigenvalue weighted by atomic mass is 16.5. The van der Waals surface area contributed by atoms with Gasteiger partial charge < -0.3 is 23.5 Å². The maximum atomic E-state index is 13.7. The van der Waals surface area contributed by atoms with Gasteiger partial charge in [-0.2, -0.15) is 0 Å². The number of benzene rings is 2. The molecule has 0 N–H and O–H groups in total. The molecular formula is C27H31NO6. The number of ether oxygens (including phenoxy) is 3. The monoisotopic (exact) mass is 465 g/mol. The molecule has 0 saturated carbocycles. The Hall–Kier alpha value is -3.32. The van der Waals surface area contributed by atoms with Crippen molar-refractivity contribution in [3.8, 4) is 11.5 Å². The molecule has 0 aliphatic carbocycles. The van der Waals surface area contributed by atoms with Crippen LogP contribution >= 0.6 is 0 Å². The molecule has 1 amide bonds. The maximum Gasteiger partial charge on any atom is 0.290 e. The van der Waals surface area contributed by atoms with Crippen LogP contribution in [0.1, 0.15) is 53.6 Å². The molecule has 34 heavy (non-hydrogen) atoms. The van der Waals surface area contributed by atoms with E-state index < -0.39 is 6.04 Å². The Morgan fingerprint density at radius 2 is 1.85 bits per heavy atom. The summed E-state index contributed by atoms with van der Waals surface area (Å²) in [6.07, 6.45) is 0.631. The Balaban J connectivity index is 1.85. The Morgan fingerprint density at radius 1 is 1.06 bits per heavy atom. The Morgan fingerprint density at radius 3 is 2.56 bits per heavy atom. The molecule has 4 rings (SSSR count). The highest BCUT2D eigenvalue weighted by Gasteiger charge is 2.42. The number of amides is 1. The standard InChI is InChI=1S/C27H31NO6/c1-16(2)15-33-21-10-8-18(14-22(21)32-5)24-23-25(29)19-13-17(3)7-9-20(19)34-26(23)27(30)28(24)11-6-12-31-4/h7-10,13-14,16,24H,6,11-12,15H2,1-5H3. The van der Waals surface area contributed by atoms with E-state index in [1.54, 1.807) is 31.3 Å². The van der Waals surface area contributed by atoms with Crippen LogP contribution in [0.3, 0.4) is 0 Å². The van der Waals surface area contributed by atoms with Crippen LogP contribution in [0.2, 0.25) is 0 Å². The van der Waals surface area contributed by atoms with Crippen molar-refractivity contribution in [2.75, 3.05) is 34.0 Å². The molecule has 7 heteroatoms.